The first kappa shape index (κ1) is 8.44. The standard InChI is InChI=1S/C9H18N2/c1-6-11-8(3)7(2)10(5)9(11)4/h9H,6H2,1-5H3. The van der Waals surface area contributed by atoms with E-state index in [4.69, 9.17) is 0 Å². The predicted octanol–water partition coefficient (Wildman–Crippen LogP) is 1.85. The van der Waals surface area contributed by atoms with E-state index in [1.807, 2.05) is 0 Å². The second-order valence-corrected chi connectivity index (χ2v) is 3.20. The highest BCUT2D eigenvalue weighted by molar-refractivity contribution is 5.14. The minimum atomic E-state index is 0.542. The molecule has 0 aliphatic carbocycles. The van der Waals surface area contributed by atoms with Crippen molar-refractivity contribution in [2.75, 3.05) is 13.6 Å². The quantitative estimate of drug-likeness (QED) is 0.568. The van der Waals surface area contributed by atoms with Crippen molar-refractivity contribution in [1.82, 2.24) is 9.80 Å². The molecule has 64 valence electrons. The van der Waals surface area contributed by atoms with E-state index in [-0.39, 0.29) is 0 Å². The van der Waals surface area contributed by atoms with Gasteiger partial charge in [0.2, 0.25) is 0 Å². The number of hydrogen-bond donors (Lipinski definition) is 0. The van der Waals surface area contributed by atoms with Gasteiger partial charge in [-0.1, -0.05) is 0 Å². The zero-order valence-corrected chi connectivity index (χ0v) is 8.18. The molecule has 0 aromatic heterocycles. The highest BCUT2D eigenvalue weighted by atomic mass is 15.4. The Balaban J connectivity index is 2.86. The Labute approximate surface area is 69.5 Å². The molecule has 1 heterocycles. The molecule has 0 aromatic carbocycles. The van der Waals surface area contributed by atoms with Gasteiger partial charge in [0.1, 0.15) is 0 Å². The molecule has 2 nitrogen and oxygen atoms in total. The van der Waals surface area contributed by atoms with E-state index in [2.05, 4.69) is 44.5 Å². The summed E-state index contributed by atoms with van der Waals surface area (Å²) in [7, 11) is 2.15. The molecule has 0 aromatic rings. The van der Waals surface area contributed by atoms with Crippen LogP contribution in [0.1, 0.15) is 27.7 Å². The first-order valence-electron chi connectivity index (χ1n) is 4.26. The van der Waals surface area contributed by atoms with E-state index in [1.54, 1.807) is 0 Å². The van der Waals surface area contributed by atoms with Crippen LogP contribution in [-0.4, -0.2) is 29.6 Å². The average molecular weight is 154 g/mol. The smallest absolute Gasteiger partial charge is 0.0979 e. The van der Waals surface area contributed by atoms with Crippen molar-refractivity contribution < 1.29 is 0 Å². The van der Waals surface area contributed by atoms with Crippen LogP contribution in [0.25, 0.3) is 0 Å². The lowest BCUT2D eigenvalue weighted by atomic mass is 10.3. The molecule has 0 fully saturated rings. The van der Waals surface area contributed by atoms with Crippen LogP contribution in [0.4, 0.5) is 0 Å². The monoisotopic (exact) mass is 154 g/mol. The lowest BCUT2D eigenvalue weighted by molar-refractivity contribution is 0.186. The molecule has 0 saturated heterocycles. The van der Waals surface area contributed by atoms with E-state index in [0.717, 1.165) is 6.54 Å². The molecule has 0 saturated carbocycles. The van der Waals surface area contributed by atoms with E-state index in [1.165, 1.54) is 11.4 Å². The maximum absolute atomic E-state index is 2.41. The van der Waals surface area contributed by atoms with Gasteiger partial charge in [0.25, 0.3) is 0 Å². The molecule has 0 bridgehead atoms. The highest BCUT2D eigenvalue weighted by Crippen LogP contribution is 2.25. The van der Waals surface area contributed by atoms with Gasteiger partial charge >= 0.3 is 0 Å². The van der Waals surface area contributed by atoms with Gasteiger partial charge in [-0.2, -0.15) is 0 Å². The molecule has 1 atom stereocenters. The average Bonchev–Trinajstić information content (AvgIpc) is 2.17. The van der Waals surface area contributed by atoms with Gasteiger partial charge in [0, 0.05) is 25.0 Å². The summed E-state index contributed by atoms with van der Waals surface area (Å²) in [4.78, 5) is 4.73. The van der Waals surface area contributed by atoms with Crippen molar-refractivity contribution in [2.45, 2.75) is 33.9 Å². The summed E-state index contributed by atoms with van der Waals surface area (Å²) in [6, 6.07) is 0. The molecule has 2 heteroatoms. The Morgan fingerprint density at radius 2 is 1.82 bits per heavy atom. The molecule has 1 aliphatic rings. The first-order chi connectivity index (χ1) is 5.09. The van der Waals surface area contributed by atoms with Gasteiger partial charge in [-0.3, -0.25) is 0 Å². The van der Waals surface area contributed by atoms with E-state index in [0.29, 0.717) is 6.17 Å². The number of allylic oxidation sites excluding steroid dienone is 2. The number of hydrogen-bond acceptors (Lipinski definition) is 2. The van der Waals surface area contributed by atoms with E-state index >= 15 is 0 Å². The van der Waals surface area contributed by atoms with Gasteiger partial charge in [0.15, 0.2) is 0 Å². The van der Waals surface area contributed by atoms with Gasteiger partial charge < -0.3 is 9.80 Å². The van der Waals surface area contributed by atoms with E-state index in [9.17, 15) is 0 Å². The van der Waals surface area contributed by atoms with Gasteiger partial charge in [-0.25, -0.2) is 0 Å². The van der Waals surface area contributed by atoms with Gasteiger partial charge in [-0.15, -0.1) is 0 Å². The number of rotatable bonds is 1. The molecule has 0 N–H and O–H groups in total. The molecule has 1 aliphatic heterocycles. The highest BCUT2D eigenvalue weighted by Gasteiger charge is 2.26. The summed E-state index contributed by atoms with van der Waals surface area (Å²) >= 11 is 0. The Morgan fingerprint density at radius 1 is 1.27 bits per heavy atom. The molecule has 0 amide bonds. The van der Waals surface area contributed by atoms with Crippen LogP contribution in [0.3, 0.4) is 0 Å². The topological polar surface area (TPSA) is 6.48 Å². The molecular formula is C9H18N2. The van der Waals surface area contributed by atoms with Crippen molar-refractivity contribution >= 4 is 0 Å². The fourth-order valence-electron chi connectivity index (χ4n) is 1.73. The lowest BCUT2D eigenvalue weighted by Crippen LogP contribution is -2.35. The van der Waals surface area contributed by atoms with Gasteiger partial charge in [0.05, 0.1) is 6.17 Å². The van der Waals surface area contributed by atoms with E-state index < -0.39 is 0 Å². The summed E-state index contributed by atoms with van der Waals surface area (Å²) in [5.74, 6) is 0. The third-order valence-corrected chi connectivity index (χ3v) is 2.84. The molecule has 1 unspecified atom stereocenters. The first-order valence-corrected chi connectivity index (χ1v) is 4.26. The lowest BCUT2D eigenvalue weighted by Gasteiger charge is -2.27. The summed E-state index contributed by atoms with van der Waals surface area (Å²) in [5.41, 5.74) is 2.82. The summed E-state index contributed by atoms with van der Waals surface area (Å²) in [6.45, 7) is 9.92. The van der Waals surface area contributed by atoms with Crippen LogP contribution < -0.4 is 0 Å². The molecular weight excluding hydrogens is 136 g/mol. The predicted molar refractivity (Wildman–Crippen MR) is 48.0 cm³/mol. The number of nitrogens with zero attached hydrogens (tertiary/aromatic N) is 2. The Hall–Kier alpha value is -0.660. The van der Waals surface area contributed by atoms with Crippen molar-refractivity contribution in [3.8, 4) is 0 Å². The third kappa shape index (κ3) is 1.10. The van der Waals surface area contributed by atoms with Crippen molar-refractivity contribution in [1.29, 1.82) is 0 Å². The summed E-state index contributed by atoms with van der Waals surface area (Å²) < 4.78 is 0. The Kier molecular flexibility index (Phi) is 2.12. The fraction of sp³-hybridized carbons (Fsp3) is 0.778. The van der Waals surface area contributed by atoms with Crippen LogP contribution in [0.2, 0.25) is 0 Å². The maximum Gasteiger partial charge on any atom is 0.0979 e. The largest absolute Gasteiger partial charge is 0.357 e. The zero-order valence-electron chi connectivity index (χ0n) is 8.18. The maximum atomic E-state index is 2.41. The normalized spacial score (nSPS) is 25.4. The van der Waals surface area contributed by atoms with Crippen LogP contribution in [0.15, 0.2) is 11.4 Å². The van der Waals surface area contributed by atoms with Crippen LogP contribution in [0.5, 0.6) is 0 Å². The SMILES string of the molecule is CCN1C(C)=C(C)N(C)C1C. The minimum absolute atomic E-state index is 0.542. The van der Waals surface area contributed by atoms with Crippen molar-refractivity contribution in [3.05, 3.63) is 11.4 Å². The second kappa shape index (κ2) is 2.76. The Morgan fingerprint density at radius 3 is 2.00 bits per heavy atom. The minimum Gasteiger partial charge on any atom is -0.357 e. The summed E-state index contributed by atoms with van der Waals surface area (Å²) in [6.07, 6.45) is 0.542. The van der Waals surface area contributed by atoms with Crippen LogP contribution in [0, 0.1) is 0 Å². The summed E-state index contributed by atoms with van der Waals surface area (Å²) in [5, 5.41) is 0. The molecule has 1 rings (SSSR count). The van der Waals surface area contributed by atoms with Crippen LogP contribution in [-0.2, 0) is 0 Å². The third-order valence-electron chi connectivity index (χ3n) is 2.84. The van der Waals surface area contributed by atoms with Gasteiger partial charge in [-0.05, 0) is 27.7 Å². The fourth-order valence-corrected chi connectivity index (χ4v) is 1.73. The molecule has 0 radical (unpaired) electrons. The van der Waals surface area contributed by atoms with Crippen LogP contribution >= 0.6 is 0 Å². The second-order valence-electron chi connectivity index (χ2n) is 3.20. The molecule has 11 heavy (non-hydrogen) atoms. The van der Waals surface area contributed by atoms with Crippen molar-refractivity contribution in [3.63, 3.8) is 0 Å². The molecule has 0 spiro atoms. The Bertz CT molecular complexity index is 184. The van der Waals surface area contributed by atoms with Crippen molar-refractivity contribution in [2.24, 2.45) is 0 Å². The zero-order chi connectivity index (χ0) is 8.59.